The second-order valence-corrected chi connectivity index (χ2v) is 3.12. The first-order valence-corrected chi connectivity index (χ1v) is 3.79. The Morgan fingerprint density at radius 1 is 1.73 bits per heavy atom. The molecule has 0 aromatic heterocycles. The first-order valence-electron chi connectivity index (χ1n) is 3.79. The number of hydrogen-bond acceptors (Lipinski definition) is 2. The molecule has 0 amide bonds. The van der Waals surface area contributed by atoms with Gasteiger partial charge in [0, 0.05) is 19.0 Å². The van der Waals surface area contributed by atoms with Crippen LogP contribution in [-0.2, 0) is 0 Å². The Labute approximate surface area is 66.5 Å². The van der Waals surface area contributed by atoms with Gasteiger partial charge in [-0.25, -0.2) is 0 Å². The molecule has 0 aromatic carbocycles. The second kappa shape index (κ2) is 3.09. The van der Waals surface area contributed by atoms with Gasteiger partial charge in [0.1, 0.15) is 0 Å². The molecular formula is C7H15N3O. The van der Waals surface area contributed by atoms with Gasteiger partial charge in [0.15, 0.2) is 5.96 Å². The van der Waals surface area contributed by atoms with Crippen molar-refractivity contribution in [2.45, 2.75) is 12.8 Å². The molecule has 1 saturated carbocycles. The number of aliphatic hydroxyl groups excluding tert-OH is 1. The van der Waals surface area contributed by atoms with Crippen molar-refractivity contribution in [3.05, 3.63) is 0 Å². The van der Waals surface area contributed by atoms with Crippen molar-refractivity contribution >= 4 is 5.96 Å². The Morgan fingerprint density at radius 2 is 2.36 bits per heavy atom. The molecule has 1 rings (SSSR count). The summed E-state index contributed by atoms with van der Waals surface area (Å²) in [4.78, 5) is 3.76. The van der Waals surface area contributed by atoms with E-state index < -0.39 is 0 Å². The largest absolute Gasteiger partial charge is 0.396 e. The lowest BCUT2D eigenvalue weighted by atomic mass is 10.1. The summed E-state index contributed by atoms with van der Waals surface area (Å²) in [7, 11) is 1.64. The molecule has 1 aliphatic rings. The fraction of sp³-hybridized carbons (Fsp3) is 0.857. The number of aliphatic imine (C=N–C) groups is 1. The Bertz CT molecular complexity index is 163. The molecule has 0 unspecified atom stereocenters. The van der Waals surface area contributed by atoms with E-state index in [1.54, 1.807) is 7.05 Å². The fourth-order valence-electron chi connectivity index (χ4n) is 0.925. The van der Waals surface area contributed by atoms with Gasteiger partial charge in [-0.2, -0.15) is 0 Å². The summed E-state index contributed by atoms with van der Waals surface area (Å²) in [6.45, 7) is 0.990. The smallest absolute Gasteiger partial charge is 0.188 e. The van der Waals surface area contributed by atoms with Crippen LogP contribution in [0.4, 0.5) is 0 Å². The molecule has 11 heavy (non-hydrogen) atoms. The predicted molar refractivity (Wildman–Crippen MR) is 44.3 cm³/mol. The van der Waals surface area contributed by atoms with Crippen LogP contribution in [0.1, 0.15) is 12.8 Å². The van der Waals surface area contributed by atoms with Gasteiger partial charge in [-0.05, 0) is 12.8 Å². The van der Waals surface area contributed by atoms with Gasteiger partial charge in [0.25, 0.3) is 0 Å². The molecule has 0 saturated heterocycles. The lowest BCUT2D eigenvalue weighted by Gasteiger charge is -2.12. The lowest BCUT2D eigenvalue weighted by molar-refractivity contribution is 0.212. The van der Waals surface area contributed by atoms with Crippen molar-refractivity contribution in [3.8, 4) is 0 Å². The summed E-state index contributed by atoms with van der Waals surface area (Å²) < 4.78 is 0. The van der Waals surface area contributed by atoms with Crippen LogP contribution in [0, 0.1) is 5.41 Å². The molecule has 64 valence electrons. The highest BCUT2D eigenvalue weighted by Crippen LogP contribution is 2.44. The van der Waals surface area contributed by atoms with Crippen LogP contribution >= 0.6 is 0 Å². The summed E-state index contributed by atoms with van der Waals surface area (Å²) in [6.07, 6.45) is 2.18. The number of guanidine groups is 1. The third-order valence-corrected chi connectivity index (χ3v) is 2.18. The lowest BCUT2D eigenvalue weighted by Crippen LogP contribution is -2.36. The molecule has 0 radical (unpaired) electrons. The van der Waals surface area contributed by atoms with E-state index in [1.807, 2.05) is 0 Å². The second-order valence-electron chi connectivity index (χ2n) is 3.12. The molecule has 0 spiro atoms. The summed E-state index contributed by atoms with van der Waals surface area (Å²) >= 11 is 0. The number of nitrogens with zero attached hydrogens (tertiary/aromatic N) is 1. The Hall–Kier alpha value is -0.770. The van der Waals surface area contributed by atoms with Crippen molar-refractivity contribution < 1.29 is 5.11 Å². The maximum Gasteiger partial charge on any atom is 0.188 e. The highest BCUT2D eigenvalue weighted by Gasteiger charge is 2.41. The van der Waals surface area contributed by atoms with Crippen molar-refractivity contribution in [3.63, 3.8) is 0 Å². The summed E-state index contributed by atoms with van der Waals surface area (Å²) in [5.41, 5.74) is 5.53. The number of hydrogen-bond donors (Lipinski definition) is 3. The zero-order valence-corrected chi connectivity index (χ0v) is 6.80. The molecule has 0 aliphatic heterocycles. The highest BCUT2D eigenvalue weighted by molar-refractivity contribution is 5.77. The van der Waals surface area contributed by atoms with E-state index >= 15 is 0 Å². The van der Waals surface area contributed by atoms with Gasteiger partial charge in [-0.1, -0.05) is 0 Å². The number of rotatable bonds is 3. The Balaban J connectivity index is 2.22. The highest BCUT2D eigenvalue weighted by atomic mass is 16.3. The zero-order valence-electron chi connectivity index (χ0n) is 6.80. The van der Waals surface area contributed by atoms with Crippen LogP contribution in [0.2, 0.25) is 0 Å². The molecular weight excluding hydrogens is 142 g/mol. The molecule has 0 bridgehead atoms. The third kappa shape index (κ3) is 2.08. The average Bonchev–Trinajstić information content (AvgIpc) is 2.81. The molecule has 1 aliphatic carbocycles. The van der Waals surface area contributed by atoms with Crippen molar-refractivity contribution in [1.82, 2.24) is 5.32 Å². The molecule has 0 aromatic rings. The van der Waals surface area contributed by atoms with E-state index in [9.17, 15) is 0 Å². The van der Waals surface area contributed by atoms with Crippen LogP contribution in [0.15, 0.2) is 4.99 Å². The Kier molecular flexibility index (Phi) is 2.34. The standard InChI is InChI=1S/C7H15N3O/c1-9-6(8)10-4-7(5-11)2-3-7/h11H,2-5H2,1H3,(H3,8,9,10). The average molecular weight is 157 g/mol. The third-order valence-electron chi connectivity index (χ3n) is 2.18. The minimum absolute atomic E-state index is 0.106. The van der Waals surface area contributed by atoms with Crippen molar-refractivity contribution in [2.75, 3.05) is 20.2 Å². The van der Waals surface area contributed by atoms with Gasteiger partial charge in [0.05, 0.1) is 6.61 Å². The van der Waals surface area contributed by atoms with E-state index in [2.05, 4.69) is 10.3 Å². The zero-order chi connectivity index (χ0) is 8.32. The number of nitrogens with two attached hydrogens (primary N) is 1. The van der Waals surface area contributed by atoms with Gasteiger partial charge in [-0.3, -0.25) is 4.99 Å². The van der Waals surface area contributed by atoms with Crippen LogP contribution < -0.4 is 11.1 Å². The van der Waals surface area contributed by atoms with Crippen LogP contribution in [0.3, 0.4) is 0 Å². The molecule has 0 heterocycles. The van der Waals surface area contributed by atoms with E-state index in [1.165, 1.54) is 0 Å². The number of nitrogens with one attached hydrogen (secondary N) is 1. The van der Waals surface area contributed by atoms with Crippen LogP contribution in [0.5, 0.6) is 0 Å². The summed E-state index contributed by atoms with van der Waals surface area (Å²) in [5, 5.41) is 11.9. The minimum atomic E-state index is 0.106. The monoisotopic (exact) mass is 157 g/mol. The molecule has 4 N–H and O–H groups in total. The van der Waals surface area contributed by atoms with Gasteiger partial charge >= 0.3 is 0 Å². The first-order chi connectivity index (χ1) is 5.22. The van der Waals surface area contributed by atoms with Crippen molar-refractivity contribution in [1.29, 1.82) is 0 Å². The summed E-state index contributed by atoms with van der Waals surface area (Å²) in [5.74, 6) is 0.449. The topological polar surface area (TPSA) is 70.6 Å². The van der Waals surface area contributed by atoms with Gasteiger partial charge < -0.3 is 16.2 Å². The summed E-state index contributed by atoms with van der Waals surface area (Å²) in [6, 6.07) is 0. The van der Waals surface area contributed by atoms with E-state index in [-0.39, 0.29) is 12.0 Å². The molecule has 0 atom stereocenters. The van der Waals surface area contributed by atoms with E-state index in [0.717, 1.165) is 19.4 Å². The maximum absolute atomic E-state index is 8.92. The minimum Gasteiger partial charge on any atom is -0.396 e. The van der Waals surface area contributed by atoms with Crippen LogP contribution in [0.25, 0.3) is 0 Å². The molecule has 4 nitrogen and oxygen atoms in total. The van der Waals surface area contributed by atoms with E-state index in [4.69, 9.17) is 10.8 Å². The van der Waals surface area contributed by atoms with Gasteiger partial charge in [-0.15, -0.1) is 0 Å². The molecule has 1 fully saturated rings. The van der Waals surface area contributed by atoms with Gasteiger partial charge in [0.2, 0.25) is 0 Å². The van der Waals surface area contributed by atoms with E-state index in [0.29, 0.717) is 5.96 Å². The Morgan fingerprint density at radius 3 is 2.73 bits per heavy atom. The predicted octanol–water partition coefficient (Wildman–Crippen LogP) is -0.707. The normalized spacial score (nSPS) is 21.5. The fourth-order valence-corrected chi connectivity index (χ4v) is 0.925. The SMILES string of the molecule is CN=C(N)NCC1(CO)CC1. The van der Waals surface area contributed by atoms with Crippen molar-refractivity contribution in [2.24, 2.45) is 16.1 Å². The quantitative estimate of drug-likeness (QED) is 0.374. The number of aliphatic hydroxyl groups is 1. The first kappa shape index (κ1) is 8.33. The maximum atomic E-state index is 8.92. The molecule has 4 heteroatoms. The van der Waals surface area contributed by atoms with Crippen LogP contribution in [-0.4, -0.2) is 31.3 Å².